The summed E-state index contributed by atoms with van der Waals surface area (Å²) in [5.74, 6) is 0.312. The molecule has 0 bridgehead atoms. The predicted molar refractivity (Wildman–Crippen MR) is 92.9 cm³/mol. The van der Waals surface area contributed by atoms with Crippen LogP contribution in [-0.4, -0.2) is 30.7 Å². The Morgan fingerprint density at radius 3 is 2.75 bits per heavy atom. The molecule has 0 aliphatic rings. The zero-order valence-electron chi connectivity index (χ0n) is 14.4. The highest BCUT2D eigenvalue weighted by molar-refractivity contribution is 6.07. The fourth-order valence-corrected chi connectivity index (χ4v) is 2.74. The van der Waals surface area contributed by atoms with Crippen LogP contribution in [0.4, 0.5) is 5.69 Å². The Kier molecular flexibility index (Phi) is 4.33. The topological polar surface area (TPSA) is 77.6 Å². The first-order chi connectivity index (χ1) is 11.5. The van der Waals surface area contributed by atoms with Crippen LogP contribution in [0.15, 0.2) is 24.3 Å². The van der Waals surface area contributed by atoms with Gasteiger partial charge < -0.3 is 5.32 Å². The lowest BCUT2D eigenvalue weighted by Gasteiger charge is -2.06. The van der Waals surface area contributed by atoms with E-state index in [0.717, 1.165) is 17.6 Å². The van der Waals surface area contributed by atoms with E-state index in [2.05, 4.69) is 34.5 Å². The van der Waals surface area contributed by atoms with Gasteiger partial charge in [-0.3, -0.25) is 9.48 Å². The number of aromatic nitrogens is 5. The molecule has 24 heavy (non-hydrogen) atoms. The molecule has 0 saturated carbocycles. The number of carbonyl (C=O) groups is 1. The van der Waals surface area contributed by atoms with Gasteiger partial charge in [-0.05, 0) is 37.5 Å². The second-order valence-electron chi connectivity index (χ2n) is 6.25. The van der Waals surface area contributed by atoms with Crippen molar-refractivity contribution < 1.29 is 4.79 Å². The zero-order valence-corrected chi connectivity index (χ0v) is 14.4. The second-order valence-corrected chi connectivity index (χ2v) is 6.25. The van der Waals surface area contributed by atoms with Gasteiger partial charge >= 0.3 is 0 Å². The molecule has 0 fully saturated rings. The number of aryl methyl sites for hydroxylation is 2. The molecule has 1 amide bonds. The van der Waals surface area contributed by atoms with Crippen molar-refractivity contribution in [3.8, 4) is 0 Å². The Morgan fingerprint density at radius 1 is 1.25 bits per heavy atom. The van der Waals surface area contributed by atoms with Gasteiger partial charge in [0.25, 0.3) is 5.91 Å². The molecule has 2 aromatic heterocycles. The van der Waals surface area contributed by atoms with E-state index < -0.39 is 0 Å². The Balaban J connectivity index is 1.90. The minimum atomic E-state index is -0.183. The Morgan fingerprint density at radius 2 is 2.04 bits per heavy atom. The highest BCUT2D eigenvalue weighted by Crippen LogP contribution is 2.20. The normalized spacial score (nSPS) is 11.4. The first-order valence-electron chi connectivity index (χ1n) is 8.16. The number of benzene rings is 1. The van der Waals surface area contributed by atoms with E-state index >= 15 is 0 Å². The summed E-state index contributed by atoms with van der Waals surface area (Å²) in [5.41, 5.74) is 3.58. The molecule has 1 N–H and O–H groups in total. The largest absolute Gasteiger partial charge is 0.319 e. The first kappa shape index (κ1) is 16.2. The molecule has 3 aromatic rings. The molecule has 0 unspecified atom stereocenters. The van der Waals surface area contributed by atoms with Crippen LogP contribution in [0.2, 0.25) is 0 Å². The van der Waals surface area contributed by atoms with E-state index in [0.29, 0.717) is 29.4 Å². The lowest BCUT2D eigenvalue weighted by molar-refractivity contribution is 0.101. The third-order valence-corrected chi connectivity index (χ3v) is 3.74. The lowest BCUT2D eigenvalue weighted by Crippen LogP contribution is -2.17. The molecule has 3 rings (SSSR count). The lowest BCUT2D eigenvalue weighted by atomic mass is 10.1. The van der Waals surface area contributed by atoms with Crippen LogP contribution >= 0.6 is 0 Å². The summed E-state index contributed by atoms with van der Waals surface area (Å²) < 4.78 is 1.74. The van der Waals surface area contributed by atoms with Crippen LogP contribution in [0.3, 0.4) is 0 Å². The van der Waals surface area contributed by atoms with E-state index in [1.807, 2.05) is 31.2 Å². The van der Waals surface area contributed by atoms with Gasteiger partial charge in [0.05, 0.1) is 11.4 Å². The van der Waals surface area contributed by atoms with Crippen molar-refractivity contribution in [3.05, 3.63) is 35.7 Å². The molecule has 0 saturated heterocycles. The SMILES string of the molecule is CCn1nc(CC(C)C)cc1C(=O)Nc1cccc2nn(C)nc12. The van der Waals surface area contributed by atoms with Gasteiger partial charge in [0, 0.05) is 13.6 Å². The molecule has 0 spiro atoms. The van der Waals surface area contributed by atoms with Gasteiger partial charge in [-0.2, -0.15) is 20.1 Å². The Labute approximate surface area is 140 Å². The molecule has 1 aromatic carbocycles. The number of nitrogens with one attached hydrogen (secondary N) is 1. The van der Waals surface area contributed by atoms with E-state index in [1.165, 1.54) is 4.80 Å². The third kappa shape index (κ3) is 3.15. The molecule has 126 valence electrons. The maximum atomic E-state index is 12.7. The summed E-state index contributed by atoms with van der Waals surface area (Å²) in [6.45, 7) is 6.90. The summed E-state index contributed by atoms with van der Waals surface area (Å²) in [4.78, 5) is 14.2. The molecule has 0 aliphatic carbocycles. The minimum Gasteiger partial charge on any atom is -0.319 e. The highest BCUT2D eigenvalue weighted by atomic mass is 16.2. The van der Waals surface area contributed by atoms with Crippen molar-refractivity contribution in [2.24, 2.45) is 13.0 Å². The number of rotatable bonds is 5. The molecule has 0 radical (unpaired) electrons. The molecule has 0 atom stereocenters. The van der Waals surface area contributed by atoms with Crippen molar-refractivity contribution >= 4 is 22.6 Å². The predicted octanol–water partition coefficient (Wildman–Crippen LogP) is 2.64. The van der Waals surface area contributed by atoms with Gasteiger partial charge in [0.15, 0.2) is 0 Å². The molecular formula is C17H22N6O. The third-order valence-electron chi connectivity index (χ3n) is 3.74. The molecular weight excluding hydrogens is 304 g/mol. The summed E-state index contributed by atoms with van der Waals surface area (Å²) in [5, 5.41) is 16.0. The van der Waals surface area contributed by atoms with Gasteiger partial charge in [0.2, 0.25) is 0 Å². The van der Waals surface area contributed by atoms with Crippen LogP contribution in [0.25, 0.3) is 11.0 Å². The van der Waals surface area contributed by atoms with E-state index in [4.69, 9.17) is 0 Å². The fraction of sp³-hybridized carbons (Fsp3) is 0.412. The first-order valence-corrected chi connectivity index (χ1v) is 8.16. The van der Waals surface area contributed by atoms with Crippen molar-refractivity contribution in [1.29, 1.82) is 0 Å². The van der Waals surface area contributed by atoms with Crippen molar-refractivity contribution in [2.45, 2.75) is 33.7 Å². The standard InChI is InChI=1S/C17H22N6O/c1-5-23-15(10-12(19-23)9-11(2)3)17(24)18-13-7-6-8-14-16(13)21-22(4)20-14/h6-8,10-11H,5,9H2,1-4H3,(H,18,24). The van der Waals surface area contributed by atoms with Gasteiger partial charge in [-0.25, -0.2) is 0 Å². The minimum absolute atomic E-state index is 0.183. The molecule has 7 nitrogen and oxygen atoms in total. The van der Waals surface area contributed by atoms with E-state index in [-0.39, 0.29) is 5.91 Å². The smallest absolute Gasteiger partial charge is 0.274 e. The van der Waals surface area contributed by atoms with Crippen LogP contribution in [0, 0.1) is 5.92 Å². The number of carbonyl (C=O) groups excluding carboxylic acids is 1. The van der Waals surface area contributed by atoms with Crippen LogP contribution in [0.1, 0.15) is 37.0 Å². The van der Waals surface area contributed by atoms with Crippen molar-refractivity contribution in [1.82, 2.24) is 24.8 Å². The maximum absolute atomic E-state index is 12.7. The molecule has 2 heterocycles. The highest BCUT2D eigenvalue weighted by Gasteiger charge is 2.17. The summed E-state index contributed by atoms with van der Waals surface area (Å²) >= 11 is 0. The average Bonchev–Trinajstić information content (AvgIpc) is 3.09. The Hall–Kier alpha value is -2.70. The number of fused-ring (bicyclic) bond motifs is 1. The second kappa shape index (κ2) is 6.43. The summed E-state index contributed by atoms with van der Waals surface area (Å²) in [6.07, 6.45) is 0.854. The maximum Gasteiger partial charge on any atom is 0.274 e. The average molecular weight is 326 g/mol. The zero-order chi connectivity index (χ0) is 17.3. The van der Waals surface area contributed by atoms with Gasteiger partial charge in [-0.1, -0.05) is 19.9 Å². The number of anilines is 1. The van der Waals surface area contributed by atoms with Gasteiger partial charge in [-0.15, -0.1) is 0 Å². The number of nitrogens with zero attached hydrogens (tertiary/aromatic N) is 5. The van der Waals surface area contributed by atoms with Crippen LogP contribution in [0.5, 0.6) is 0 Å². The van der Waals surface area contributed by atoms with Crippen molar-refractivity contribution in [3.63, 3.8) is 0 Å². The monoisotopic (exact) mass is 326 g/mol. The van der Waals surface area contributed by atoms with Gasteiger partial charge in [0.1, 0.15) is 16.7 Å². The molecule has 7 heteroatoms. The Bertz CT molecular complexity index is 876. The number of hydrogen-bond donors (Lipinski definition) is 1. The van der Waals surface area contributed by atoms with Crippen LogP contribution in [-0.2, 0) is 20.0 Å². The number of amides is 1. The number of hydrogen-bond acceptors (Lipinski definition) is 4. The molecule has 0 aliphatic heterocycles. The van der Waals surface area contributed by atoms with Crippen molar-refractivity contribution in [2.75, 3.05) is 5.32 Å². The summed E-state index contributed by atoms with van der Waals surface area (Å²) in [6, 6.07) is 7.43. The quantitative estimate of drug-likeness (QED) is 0.782. The van der Waals surface area contributed by atoms with E-state index in [1.54, 1.807) is 11.7 Å². The van der Waals surface area contributed by atoms with E-state index in [9.17, 15) is 4.79 Å². The summed E-state index contributed by atoms with van der Waals surface area (Å²) in [7, 11) is 1.76. The fourth-order valence-electron chi connectivity index (χ4n) is 2.74. The van der Waals surface area contributed by atoms with Crippen LogP contribution < -0.4 is 5.32 Å².